The Labute approximate surface area is 151 Å². The van der Waals surface area contributed by atoms with Gasteiger partial charge in [0.15, 0.2) is 0 Å². The maximum atomic E-state index is 2.75. The molecule has 0 aromatic carbocycles. The van der Waals surface area contributed by atoms with Gasteiger partial charge >= 0.3 is 0 Å². The van der Waals surface area contributed by atoms with Crippen LogP contribution in [0.15, 0.2) is 0 Å². The van der Waals surface area contributed by atoms with E-state index in [-0.39, 0.29) is 11.1 Å². The lowest BCUT2D eigenvalue weighted by Crippen LogP contribution is -2.58. The van der Waals surface area contributed by atoms with Crippen molar-refractivity contribution < 1.29 is 0 Å². The van der Waals surface area contributed by atoms with Crippen molar-refractivity contribution in [3.8, 4) is 0 Å². The Bertz CT molecular complexity index is 404. The highest BCUT2D eigenvalue weighted by molar-refractivity contribution is 4.92. The molecule has 0 saturated carbocycles. The summed E-state index contributed by atoms with van der Waals surface area (Å²) in [7, 11) is 4.62. The summed E-state index contributed by atoms with van der Waals surface area (Å²) in [5.41, 5.74) is 0.512. The van der Waals surface area contributed by atoms with Gasteiger partial charge in [-0.05, 0) is 68.5 Å². The molecule has 0 spiro atoms. The molecule has 24 heavy (non-hydrogen) atoms. The molecule has 2 aliphatic heterocycles. The molecule has 2 aliphatic rings. The predicted octanol–water partition coefficient (Wildman–Crippen LogP) is 2.60. The zero-order valence-corrected chi connectivity index (χ0v) is 17.6. The topological polar surface area (TPSA) is 13.0 Å². The third kappa shape index (κ3) is 4.72. The maximum Gasteiger partial charge on any atom is 0.0169 e. The Balaban J connectivity index is 2.30. The minimum absolute atomic E-state index is 0.254. The number of nitrogens with zero attached hydrogens (tertiary/aromatic N) is 4. The van der Waals surface area contributed by atoms with E-state index >= 15 is 0 Å². The second-order valence-corrected chi connectivity index (χ2v) is 9.66. The van der Waals surface area contributed by atoms with Crippen LogP contribution in [-0.2, 0) is 0 Å². The van der Waals surface area contributed by atoms with Crippen molar-refractivity contribution >= 4 is 0 Å². The van der Waals surface area contributed by atoms with Crippen molar-refractivity contribution in [3.63, 3.8) is 0 Å². The fourth-order valence-corrected chi connectivity index (χ4v) is 4.61. The molecule has 0 aromatic rings. The minimum Gasteiger partial charge on any atom is -0.302 e. The number of fused-ring (bicyclic) bond motifs is 3. The summed E-state index contributed by atoms with van der Waals surface area (Å²) in [6, 6.07) is 1.27. The normalized spacial score (nSPS) is 39.5. The number of rotatable bonds is 0. The Morgan fingerprint density at radius 1 is 0.667 bits per heavy atom. The molecule has 2 rings (SSSR count). The molecule has 4 unspecified atom stereocenters. The number of hydrogen-bond donors (Lipinski definition) is 0. The van der Waals surface area contributed by atoms with Gasteiger partial charge in [-0.1, -0.05) is 0 Å². The van der Waals surface area contributed by atoms with Gasteiger partial charge in [0.1, 0.15) is 0 Å². The third-order valence-electron chi connectivity index (χ3n) is 6.96. The van der Waals surface area contributed by atoms with Crippen molar-refractivity contribution in [2.24, 2.45) is 0 Å². The highest BCUT2D eigenvalue weighted by Crippen LogP contribution is 2.27. The SMILES string of the molecule is CC1CC(C)(C)N2CCN(CCN1C)C(C)CC(C)(C)N(C)CC2. The van der Waals surface area contributed by atoms with Crippen molar-refractivity contribution in [1.29, 1.82) is 0 Å². The quantitative estimate of drug-likeness (QED) is 0.673. The van der Waals surface area contributed by atoms with Gasteiger partial charge in [-0.25, -0.2) is 0 Å². The van der Waals surface area contributed by atoms with Crippen molar-refractivity contribution in [1.82, 2.24) is 19.6 Å². The maximum absolute atomic E-state index is 2.75. The van der Waals surface area contributed by atoms with Crippen LogP contribution in [0.1, 0.15) is 54.4 Å². The molecule has 0 N–H and O–H groups in total. The molecule has 142 valence electrons. The fourth-order valence-electron chi connectivity index (χ4n) is 4.61. The monoisotopic (exact) mass is 338 g/mol. The van der Waals surface area contributed by atoms with Crippen LogP contribution in [0.4, 0.5) is 0 Å². The lowest BCUT2D eigenvalue weighted by molar-refractivity contribution is 0.00624. The average Bonchev–Trinajstić information content (AvgIpc) is 2.46. The number of hydrogen-bond acceptors (Lipinski definition) is 4. The summed E-state index contributed by atoms with van der Waals surface area (Å²) in [6.07, 6.45) is 2.48. The molecule has 2 saturated heterocycles. The van der Waals surface area contributed by atoms with Gasteiger partial charge < -0.3 is 4.90 Å². The first-order chi connectivity index (χ1) is 11.0. The van der Waals surface area contributed by atoms with E-state index < -0.39 is 0 Å². The molecule has 0 aliphatic carbocycles. The average molecular weight is 339 g/mol. The Morgan fingerprint density at radius 2 is 1.21 bits per heavy atom. The van der Waals surface area contributed by atoms with Crippen LogP contribution in [0, 0.1) is 0 Å². The number of likely N-dealkylation sites (N-methyl/N-ethyl adjacent to an activating group) is 2. The molecule has 2 fully saturated rings. The van der Waals surface area contributed by atoms with Gasteiger partial charge in [0.05, 0.1) is 0 Å². The zero-order chi connectivity index (χ0) is 18.1. The molecule has 2 heterocycles. The molecule has 0 aromatic heterocycles. The molecule has 2 bridgehead atoms. The van der Waals surface area contributed by atoms with Crippen LogP contribution < -0.4 is 0 Å². The minimum atomic E-state index is 0.254. The summed E-state index contributed by atoms with van der Waals surface area (Å²) >= 11 is 0. The summed E-state index contributed by atoms with van der Waals surface area (Å²) < 4.78 is 0. The van der Waals surface area contributed by atoms with Crippen LogP contribution in [0.3, 0.4) is 0 Å². The van der Waals surface area contributed by atoms with Gasteiger partial charge in [-0.15, -0.1) is 0 Å². The lowest BCUT2D eigenvalue weighted by atomic mass is 9.90. The molecule has 4 atom stereocenters. The van der Waals surface area contributed by atoms with E-state index in [9.17, 15) is 0 Å². The Morgan fingerprint density at radius 3 is 1.88 bits per heavy atom. The van der Waals surface area contributed by atoms with Crippen LogP contribution >= 0.6 is 0 Å². The van der Waals surface area contributed by atoms with Crippen LogP contribution in [0.2, 0.25) is 0 Å². The van der Waals surface area contributed by atoms with Gasteiger partial charge in [0.25, 0.3) is 0 Å². The highest BCUT2D eigenvalue weighted by atomic mass is 15.3. The smallest absolute Gasteiger partial charge is 0.0169 e. The van der Waals surface area contributed by atoms with E-state index in [0.29, 0.717) is 12.1 Å². The van der Waals surface area contributed by atoms with E-state index in [2.05, 4.69) is 75.2 Å². The summed E-state index contributed by atoms with van der Waals surface area (Å²) in [4.78, 5) is 10.6. The molecular weight excluding hydrogens is 296 g/mol. The summed E-state index contributed by atoms with van der Waals surface area (Å²) in [6.45, 7) is 21.7. The van der Waals surface area contributed by atoms with Crippen molar-refractivity contribution in [2.75, 3.05) is 53.4 Å². The Kier molecular flexibility index (Phi) is 6.39. The van der Waals surface area contributed by atoms with E-state index in [1.54, 1.807) is 0 Å². The summed E-state index contributed by atoms with van der Waals surface area (Å²) in [5.74, 6) is 0. The first-order valence-corrected chi connectivity index (χ1v) is 9.93. The van der Waals surface area contributed by atoms with Crippen LogP contribution in [0.25, 0.3) is 0 Å². The van der Waals surface area contributed by atoms with E-state index in [0.717, 1.165) is 6.54 Å². The first-order valence-electron chi connectivity index (χ1n) is 9.93. The van der Waals surface area contributed by atoms with Gasteiger partial charge in [0, 0.05) is 62.4 Å². The second-order valence-electron chi connectivity index (χ2n) is 9.66. The highest BCUT2D eigenvalue weighted by Gasteiger charge is 2.35. The van der Waals surface area contributed by atoms with Crippen molar-refractivity contribution in [3.05, 3.63) is 0 Å². The molecule has 4 nitrogen and oxygen atoms in total. The molecule has 4 heteroatoms. The lowest BCUT2D eigenvalue weighted by Gasteiger charge is -2.49. The standard InChI is InChI=1S/C20H42N4/c1-17-15-20(5,6)24-13-10-22(8)19(3,4)16-18(2)23(12-14-24)11-9-21(17)7/h17-18H,9-16H2,1-8H3. The van der Waals surface area contributed by atoms with E-state index in [1.165, 1.54) is 45.6 Å². The van der Waals surface area contributed by atoms with Gasteiger partial charge in [0.2, 0.25) is 0 Å². The molecule has 0 amide bonds. The third-order valence-corrected chi connectivity index (χ3v) is 6.96. The van der Waals surface area contributed by atoms with E-state index in [1.807, 2.05) is 0 Å². The van der Waals surface area contributed by atoms with Crippen LogP contribution in [-0.4, -0.2) is 96.1 Å². The largest absolute Gasteiger partial charge is 0.302 e. The predicted molar refractivity (Wildman–Crippen MR) is 105 cm³/mol. The van der Waals surface area contributed by atoms with Crippen molar-refractivity contribution in [2.45, 2.75) is 77.5 Å². The fraction of sp³-hybridized carbons (Fsp3) is 1.00. The summed E-state index contributed by atoms with van der Waals surface area (Å²) in [5, 5.41) is 0. The van der Waals surface area contributed by atoms with Gasteiger partial charge in [-0.2, -0.15) is 0 Å². The van der Waals surface area contributed by atoms with E-state index in [4.69, 9.17) is 0 Å². The molecular formula is C20H42N4. The molecule has 0 radical (unpaired) electrons. The zero-order valence-electron chi connectivity index (χ0n) is 17.6. The second kappa shape index (κ2) is 7.61. The van der Waals surface area contributed by atoms with Gasteiger partial charge in [-0.3, -0.25) is 14.7 Å². The first kappa shape index (κ1) is 20.2. The van der Waals surface area contributed by atoms with Crippen LogP contribution in [0.5, 0.6) is 0 Å². The Hall–Kier alpha value is -0.160.